The van der Waals surface area contributed by atoms with Crippen LogP contribution in [0.4, 0.5) is 5.69 Å². The first kappa shape index (κ1) is 18.5. The minimum absolute atomic E-state index is 0.142. The number of methoxy groups -OCH3 is 2. The molecule has 2 rings (SSSR count). The monoisotopic (exact) mass is 428 g/mol. The molecule has 0 aliphatic carbocycles. The number of rotatable bonds is 4. The second kappa shape index (κ2) is 8.32. The van der Waals surface area contributed by atoms with Crippen molar-refractivity contribution in [2.75, 3.05) is 19.5 Å². The Kier molecular flexibility index (Phi) is 6.42. The van der Waals surface area contributed by atoms with E-state index in [2.05, 4.69) is 26.6 Å². The van der Waals surface area contributed by atoms with E-state index in [-0.39, 0.29) is 11.0 Å². The van der Waals surface area contributed by atoms with Crippen LogP contribution in [0.1, 0.15) is 10.4 Å². The topological polar surface area (TPSA) is 59.6 Å². The highest BCUT2D eigenvalue weighted by atomic mass is 79.9. The van der Waals surface area contributed by atoms with E-state index in [1.165, 1.54) is 14.2 Å². The molecule has 0 aromatic heterocycles. The molecule has 0 saturated carbocycles. The average Bonchev–Trinajstić information content (AvgIpc) is 2.54. The normalized spacial score (nSPS) is 10.0. The lowest BCUT2D eigenvalue weighted by atomic mass is 10.2. The summed E-state index contributed by atoms with van der Waals surface area (Å²) in [6.45, 7) is 0. The molecule has 0 radical (unpaired) electrons. The Bertz CT molecular complexity index is 786. The molecule has 0 aliphatic heterocycles. The van der Waals surface area contributed by atoms with Gasteiger partial charge in [-0.05, 0) is 48.6 Å². The lowest BCUT2D eigenvalue weighted by Crippen LogP contribution is -2.34. The summed E-state index contributed by atoms with van der Waals surface area (Å²) >= 11 is 14.5. The summed E-state index contributed by atoms with van der Waals surface area (Å²) in [5.41, 5.74) is 0.996. The number of carbonyl (C=O) groups is 1. The molecule has 5 nitrogen and oxygen atoms in total. The van der Waals surface area contributed by atoms with Gasteiger partial charge < -0.3 is 14.8 Å². The maximum Gasteiger partial charge on any atom is 0.261 e. The number of nitrogens with one attached hydrogen (secondary N) is 2. The summed E-state index contributed by atoms with van der Waals surface area (Å²) in [5, 5.41) is 6.07. The third-order valence-corrected chi connectivity index (χ3v) is 4.04. The Morgan fingerprint density at radius 2 is 1.79 bits per heavy atom. The summed E-state index contributed by atoms with van der Waals surface area (Å²) in [4.78, 5) is 12.4. The summed E-state index contributed by atoms with van der Waals surface area (Å²) in [6.07, 6.45) is 0. The fraction of sp³-hybridized carbons (Fsp3) is 0.125. The smallest absolute Gasteiger partial charge is 0.261 e. The Labute approximate surface area is 158 Å². The molecule has 2 N–H and O–H groups in total. The van der Waals surface area contributed by atoms with Crippen LogP contribution < -0.4 is 20.1 Å². The van der Waals surface area contributed by atoms with Crippen molar-refractivity contribution in [3.05, 3.63) is 51.5 Å². The molecule has 8 heteroatoms. The number of halogens is 2. The molecule has 0 unspecified atom stereocenters. The molecule has 1 amide bonds. The molecule has 0 atom stereocenters. The average molecular weight is 430 g/mol. The number of carbonyl (C=O) groups excluding carboxylic acids is 1. The second-order valence-electron chi connectivity index (χ2n) is 4.60. The quantitative estimate of drug-likeness (QED) is 0.712. The van der Waals surface area contributed by atoms with Crippen molar-refractivity contribution in [1.82, 2.24) is 5.32 Å². The van der Waals surface area contributed by atoms with E-state index < -0.39 is 0 Å². The maximum absolute atomic E-state index is 12.4. The lowest BCUT2D eigenvalue weighted by molar-refractivity contribution is 0.0974. The molecule has 0 aliphatic rings. The minimum Gasteiger partial charge on any atom is -0.496 e. The van der Waals surface area contributed by atoms with Crippen molar-refractivity contribution < 1.29 is 14.3 Å². The van der Waals surface area contributed by atoms with Crippen LogP contribution in [0, 0.1) is 0 Å². The van der Waals surface area contributed by atoms with Crippen LogP contribution in [0.25, 0.3) is 0 Å². The first-order chi connectivity index (χ1) is 11.4. The van der Waals surface area contributed by atoms with Gasteiger partial charge in [-0.15, -0.1) is 0 Å². The SMILES string of the molecule is COc1ccc(NC(=S)NC(=O)c2cc(Br)ccc2OC)cc1Cl. The van der Waals surface area contributed by atoms with E-state index in [0.717, 1.165) is 4.47 Å². The second-order valence-corrected chi connectivity index (χ2v) is 6.33. The molecular weight excluding hydrogens is 416 g/mol. The van der Waals surface area contributed by atoms with Gasteiger partial charge in [0, 0.05) is 10.2 Å². The van der Waals surface area contributed by atoms with Crippen LogP contribution in [-0.4, -0.2) is 25.2 Å². The zero-order chi connectivity index (χ0) is 17.7. The molecule has 0 saturated heterocycles. The summed E-state index contributed by atoms with van der Waals surface area (Å²) in [6, 6.07) is 10.2. The number of hydrogen-bond donors (Lipinski definition) is 2. The van der Waals surface area contributed by atoms with E-state index >= 15 is 0 Å². The zero-order valence-electron chi connectivity index (χ0n) is 12.9. The van der Waals surface area contributed by atoms with Crippen molar-refractivity contribution in [2.24, 2.45) is 0 Å². The van der Waals surface area contributed by atoms with Crippen LogP contribution in [0.2, 0.25) is 5.02 Å². The van der Waals surface area contributed by atoms with E-state index in [0.29, 0.717) is 27.8 Å². The van der Waals surface area contributed by atoms with Crippen molar-refractivity contribution in [3.63, 3.8) is 0 Å². The highest BCUT2D eigenvalue weighted by molar-refractivity contribution is 9.10. The fourth-order valence-electron chi connectivity index (χ4n) is 1.93. The number of amides is 1. The standard InChI is InChI=1S/C16H14BrClN2O3S/c1-22-13-5-3-9(17)7-11(13)15(21)20-16(24)19-10-4-6-14(23-2)12(18)8-10/h3-8H,1-2H3,(H2,19,20,21,24). The van der Waals surface area contributed by atoms with Crippen molar-refractivity contribution in [1.29, 1.82) is 0 Å². The fourth-order valence-corrected chi connectivity index (χ4v) is 2.76. The molecule has 0 heterocycles. The van der Waals surface area contributed by atoms with Gasteiger partial charge in [0.2, 0.25) is 0 Å². The number of benzene rings is 2. The molecule has 126 valence electrons. The summed E-state index contributed by atoms with van der Waals surface area (Å²) in [5.74, 6) is 0.618. The highest BCUT2D eigenvalue weighted by Crippen LogP contribution is 2.27. The Morgan fingerprint density at radius 3 is 2.42 bits per heavy atom. The Balaban J connectivity index is 2.08. The minimum atomic E-state index is -0.384. The first-order valence-corrected chi connectivity index (χ1v) is 8.32. The first-order valence-electron chi connectivity index (χ1n) is 6.74. The molecule has 0 spiro atoms. The molecular formula is C16H14BrClN2O3S. The van der Waals surface area contributed by atoms with Gasteiger partial charge in [0.25, 0.3) is 5.91 Å². The predicted octanol–water partition coefficient (Wildman–Crippen LogP) is 4.25. The van der Waals surface area contributed by atoms with Crippen molar-refractivity contribution in [3.8, 4) is 11.5 Å². The molecule has 24 heavy (non-hydrogen) atoms. The highest BCUT2D eigenvalue weighted by Gasteiger charge is 2.14. The third-order valence-electron chi connectivity index (χ3n) is 3.04. The van der Waals surface area contributed by atoms with Gasteiger partial charge in [-0.2, -0.15) is 0 Å². The van der Waals surface area contributed by atoms with Gasteiger partial charge in [-0.25, -0.2) is 0 Å². The lowest BCUT2D eigenvalue weighted by Gasteiger charge is -2.12. The van der Waals surface area contributed by atoms with E-state index in [1.54, 1.807) is 36.4 Å². The third kappa shape index (κ3) is 4.59. The van der Waals surface area contributed by atoms with Gasteiger partial charge in [-0.3, -0.25) is 10.1 Å². The van der Waals surface area contributed by atoms with Crippen LogP contribution in [0.5, 0.6) is 11.5 Å². The van der Waals surface area contributed by atoms with Gasteiger partial charge in [0.05, 0.1) is 24.8 Å². The van der Waals surface area contributed by atoms with Gasteiger partial charge in [0.15, 0.2) is 5.11 Å². The molecule has 2 aromatic carbocycles. The van der Waals surface area contributed by atoms with E-state index in [9.17, 15) is 4.79 Å². The van der Waals surface area contributed by atoms with Crippen LogP contribution >= 0.6 is 39.7 Å². The number of anilines is 1. The van der Waals surface area contributed by atoms with Crippen LogP contribution in [0.3, 0.4) is 0 Å². The van der Waals surface area contributed by atoms with Crippen molar-refractivity contribution in [2.45, 2.75) is 0 Å². The number of hydrogen-bond acceptors (Lipinski definition) is 4. The maximum atomic E-state index is 12.4. The molecule has 0 fully saturated rings. The van der Waals surface area contributed by atoms with Gasteiger partial charge >= 0.3 is 0 Å². The summed E-state index contributed by atoms with van der Waals surface area (Å²) < 4.78 is 11.0. The predicted molar refractivity (Wildman–Crippen MR) is 102 cm³/mol. The van der Waals surface area contributed by atoms with Crippen LogP contribution in [0.15, 0.2) is 40.9 Å². The zero-order valence-corrected chi connectivity index (χ0v) is 16.0. The van der Waals surface area contributed by atoms with Gasteiger partial charge in [0.1, 0.15) is 11.5 Å². The van der Waals surface area contributed by atoms with Crippen LogP contribution in [-0.2, 0) is 0 Å². The summed E-state index contributed by atoms with van der Waals surface area (Å²) in [7, 11) is 3.03. The number of thiocarbonyl (C=S) groups is 1. The van der Waals surface area contributed by atoms with Crippen molar-refractivity contribution >= 4 is 56.5 Å². The Morgan fingerprint density at radius 1 is 1.12 bits per heavy atom. The van der Waals surface area contributed by atoms with E-state index in [1.807, 2.05) is 0 Å². The number of ether oxygens (including phenoxy) is 2. The molecule has 0 bridgehead atoms. The molecule has 2 aromatic rings. The largest absolute Gasteiger partial charge is 0.496 e. The van der Waals surface area contributed by atoms with E-state index in [4.69, 9.17) is 33.3 Å². The van der Waals surface area contributed by atoms with Gasteiger partial charge in [-0.1, -0.05) is 27.5 Å². The Hall–Kier alpha value is -1.83.